The number of methoxy groups -OCH3 is 1. The number of aromatic nitrogens is 4. The number of hydrogen-bond donors (Lipinski definition) is 1. The van der Waals surface area contributed by atoms with Crippen LogP contribution in [0.1, 0.15) is 40.4 Å². The molecule has 5 rings (SSSR count). The first-order chi connectivity index (χ1) is 16.6. The summed E-state index contributed by atoms with van der Waals surface area (Å²) in [7, 11) is 1.59. The fourth-order valence-corrected chi connectivity index (χ4v) is 4.73. The van der Waals surface area contributed by atoms with Crippen molar-refractivity contribution in [2.24, 2.45) is 0 Å². The highest BCUT2D eigenvalue weighted by Crippen LogP contribution is 2.31. The molecule has 1 aliphatic heterocycles. The summed E-state index contributed by atoms with van der Waals surface area (Å²) >= 11 is 3.57. The average molecular weight is 521 g/mol. The van der Waals surface area contributed by atoms with E-state index < -0.39 is 0 Å². The first kappa shape index (κ1) is 22.3. The fourth-order valence-electron chi connectivity index (χ4n) is 4.38. The van der Waals surface area contributed by atoms with E-state index in [1.54, 1.807) is 24.0 Å². The number of pyridine rings is 1. The molecular weight excluding hydrogens is 496 g/mol. The molecule has 1 atom stereocenters. The maximum absolute atomic E-state index is 13.3. The number of rotatable bonds is 6. The largest absolute Gasteiger partial charge is 0.496 e. The first-order valence-corrected chi connectivity index (χ1v) is 12.0. The van der Waals surface area contributed by atoms with E-state index in [-0.39, 0.29) is 11.8 Å². The van der Waals surface area contributed by atoms with Crippen LogP contribution in [0.5, 0.6) is 5.75 Å². The van der Waals surface area contributed by atoms with Crippen LogP contribution in [0.15, 0.2) is 65.5 Å². The van der Waals surface area contributed by atoms with Gasteiger partial charge in [-0.2, -0.15) is 9.61 Å². The van der Waals surface area contributed by atoms with Crippen molar-refractivity contribution < 1.29 is 9.53 Å². The van der Waals surface area contributed by atoms with Crippen LogP contribution < -0.4 is 10.1 Å². The normalized spacial score (nSPS) is 15.9. The summed E-state index contributed by atoms with van der Waals surface area (Å²) in [5, 5.41) is 7.94. The molecule has 34 heavy (non-hydrogen) atoms. The zero-order chi connectivity index (χ0) is 23.5. The van der Waals surface area contributed by atoms with E-state index in [1.165, 1.54) is 0 Å². The molecule has 0 radical (unpaired) electrons. The number of ether oxygens (including phenoxy) is 1. The van der Waals surface area contributed by atoms with Crippen molar-refractivity contribution in [2.45, 2.75) is 25.3 Å². The third kappa shape index (κ3) is 4.48. The number of nitrogens with zero attached hydrogens (tertiary/aromatic N) is 5. The predicted octanol–water partition coefficient (Wildman–Crippen LogP) is 4.53. The minimum Gasteiger partial charge on any atom is -0.496 e. The van der Waals surface area contributed by atoms with Gasteiger partial charge in [0.25, 0.3) is 5.91 Å². The molecule has 0 aliphatic carbocycles. The Morgan fingerprint density at radius 3 is 2.94 bits per heavy atom. The average Bonchev–Trinajstić information content (AvgIpc) is 3.28. The van der Waals surface area contributed by atoms with Gasteiger partial charge in [-0.15, -0.1) is 0 Å². The number of nitrogens with one attached hydrogen (secondary N) is 1. The van der Waals surface area contributed by atoms with Crippen LogP contribution in [0, 0.1) is 0 Å². The van der Waals surface area contributed by atoms with E-state index in [4.69, 9.17) is 9.72 Å². The van der Waals surface area contributed by atoms with Crippen LogP contribution in [0.3, 0.4) is 0 Å². The third-order valence-electron chi connectivity index (χ3n) is 6.11. The summed E-state index contributed by atoms with van der Waals surface area (Å²) in [6.07, 6.45) is 7.23. The first-order valence-electron chi connectivity index (χ1n) is 11.2. The molecule has 1 aliphatic rings. The number of anilines is 1. The number of para-hydroxylation sites is 1. The number of halogens is 1. The minimum absolute atomic E-state index is 0.0105. The molecule has 3 aromatic heterocycles. The maximum Gasteiger partial charge on any atom is 0.257 e. The zero-order valence-electron chi connectivity index (χ0n) is 18.8. The number of amides is 1. The number of carbonyl (C=O) groups is 1. The van der Waals surface area contributed by atoms with Crippen molar-refractivity contribution in [3.63, 3.8) is 0 Å². The van der Waals surface area contributed by atoms with E-state index in [2.05, 4.69) is 31.3 Å². The smallest absolute Gasteiger partial charge is 0.257 e. The lowest BCUT2D eigenvalue weighted by Crippen LogP contribution is -2.39. The Bertz CT molecular complexity index is 1310. The van der Waals surface area contributed by atoms with Gasteiger partial charge in [0.05, 0.1) is 29.0 Å². The highest BCUT2D eigenvalue weighted by atomic mass is 79.9. The summed E-state index contributed by atoms with van der Waals surface area (Å²) in [5.74, 6) is 1.56. The number of carbonyl (C=O) groups excluding carboxylic acids is 1. The molecule has 1 amide bonds. The highest BCUT2D eigenvalue weighted by molar-refractivity contribution is 9.10. The lowest BCUT2D eigenvalue weighted by Gasteiger charge is -2.33. The Morgan fingerprint density at radius 1 is 1.24 bits per heavy atom. The molecule has 1 fully saturated rings. The van der Waals surface area contributed by atoms with Crippen LogP contribution in [0.2, 0.25) is 0 Å². The lowest BCUT2D eigenvalue weighted by atomic mass is 9.93. The van der Waals surface area contributed by atoms with Gasteiger partial charge in [-0.1, -0.05) is 18.2 Å². The molecule has 0 saturated carbocycles. The monoisotopic (exact) mass is 520 g/mol. The Balaban J connectivity index is 1.41. The van der Waals surface area contributed by atoms with Gasteiger partial charge >= 0.3 is 0 Å². The third-order valence-corrected chi connectivity index (χ3v) is 6.67. The van der Waals surface area contributed by atoms with Crippen molar-refractivity contribution in [3.8, 4) is 5.75 Å². The van der Waals surface area contributed by atoms with Crippen molar-refractivity contribution in [1.82, 2.24) is 24.5 Å². The van der Waals surface area contributed by atoms with Crippen LogP contribution >= 0.6 is 15.9 Å². The van der Waals surface area contributed by atoms with E-state index >= 15 is 0 Å². The molecule has 1 unspecified atom stereocenters. The van der Waals surface area contributed by atoms with Crippen LogP contribution in [-0.4, -0.2) is 50.6 Å². The predicted molar refractivity (Wildman–Crippen MR) is 133 cm³/mol. The van der Waals surface area contributed by atoms with Crippen LogP contribution in [0.4, 0.5) is 5.82 Å². The topological polar surface area (TPSA) is 84.7 Å². The minimum atomic E-state index is -0.0105. The molecule has 1 aromatic carbocycles. The Kier molecular flexibility index (Phi) is 6.44. The lowest BCUT2D eigenvalue weighted by molar-refractivity contribution is 0.0702. The van der Waals surface area contributed by atoms with Gasteiger partial charge in [0, 0.05) is 44.0 Å². The van der Waals surface area contributed by atoms with Gasteiger partial charge in [-0.25, -0.2) is 4.98 Å². The van der Waals surface area contributed by atoms with Gasteiger partial charge in [0.15, 0.2) is 5.65 Å². The molecule has 0 spiro atoms. The molecule has 4 aromatic rings. The van der Waals surface area contributed by atoms with Gasteiger partial charge in [0.2, 0.25) is 0 Å². The number of fused-ring (bicyclic) bond motifs is 1. The molecule has 8 nitrogen and oxygen atoms in total. The second kappa shape index (κ2) is 9.80. The fraction of sp³-hybridized carbons (Fsp3) is 0.280. The molecule has 0 bridgehead atoms. The van der Waals surface area contributed by atoms with Gasteiger partial charge in [-0.05, 0) is 52.5 Å². The Hall–Kier alpha value is -3.46. The molecular formula is C25H25BrN6O2. The van der Waals surface area contributed by atoms with Gasteiger partial charge in [0.1, 0.15) is 11.6 Å². The van der Waals surface area contributed by atoms with E-state index in [0.29, 0.717) is 24.4 Å². The number of benzene rings is 1. The second-order valence-electron chi connectivity index (χ2n) is 8.30. The Labute approximate surface area is 206 Å². The molecule has 1 saturated heterocycles. The standard InChI is InChI=1S/C25H25BrN6O2/c1-34-22-9-3-2-8-19(22)25(33)31-11-5-7-18(16-31)21-12-23(28-14-17-6-4-10-27-13-17)32-24(30-21)20(26)15-29-32/h2-4,6,8-10,12-13,15,18,28H,5,7,11,14,16H2,1H3. The quantitative estimate of drug-likeness (QED) is 0.402. The van der Waals surface area contributed by atoms with Crippen LogP contribution in [-0.2, 0) is 6.54 Å². The van der Waals surface area contributed by atoms with Crippen LogP contribution in [0.25, 0.3) is 5.65 Å². The van der Waals surface area contributed by atoms with Crippen molar-refractivity contribution in [2.75, 3.05) is 25.5 Å². The summed E-state index contributed by atoms with van der Waals surface area (Å²) < 4.78 is 8.04. The highest BCUT2D eigenvalue weighted by Gasteiger charge is 2.28. The molecule has 4 heterocycles. The summed E-state index contributed by atoms with van der Waals surface area (Å²) in [6, 6.07) is 13.4. The maximum atomic E-state index is 13.3. The van der Waals surface area contributed by atoms with E-state index in [0.717, 1.165) is 46.6 Å². The van der Waals surface area contributed by atoms with Crippen molar-refractivity contribution >= 4 is 33.3 Å². The number of hydrogen-bond acceptors (Lipinski definition) is 6. The summed E-state index contributed by atoms with van der Waals surface area (Å²) in [6.45, 7) is 1.94. The molecule has 174 valence electrons. The number of likely N-dealkylation sites (tertiary alicyclic amines) is 1. The van der Waals surface area contributed by atoms with E-state index in [1.807, 2.05) is 53.6 Å². The molecule has 1 N–H and O–H groups in total. The number of piperidine rings is 1. The van der Waals surface area contributed by atoms with Crippen molar-refractivity contribution in [3.05, 3.63) is 82.3 Å². The van der Waals surface area contributed by atoms with E-state index in [9.17, 15) is 4.79 Å². The second-order valence-corrected chi connectivity index (χ2v) is 9.15. The summed E-state index contributed by atoms with van der Waals surface area (Å²) in [4.78, 5) is 24.3. The SMILES string of the molecule is COc1ccccc1C(=O)N1CCCC(c2cc(NCc3cccnc3)n3ncc(Br)c3n2)C1. The summed E-state index contributed by atoms with van der Waals surface area (Å²) in [5.41, 5.74) is 3.36. The Morgan fingerprint density at radius 2 is 2.12 bits per heavy atom. The van der Waals surface area contributed by atoms with Gasteiger partial charge < -0.3 is 15.0 Å². The molecule has 9 heteroatoms. The van der Waals surface area contributed by atoms with Gasteiger partial charge in [-0.3, -0.25) is 9.78 Å². The zero-order valence-corrected chi connectivity index (χ0v) is 20.4. The van der Waals surface area contributed by atoms with Crippen molar-refractivity contribution in [1.29, 1.82) is 0 Å².